The molecule has 4 aromatic rings. The summed E-state index contributed by atoms with van der Waals surface area (Å²) in [6.45, 7) is 2.37. The summed E-state index contributed by atoms with van der Waals surface area (Å²) >= 11 is 0. The Balaban J connectivity index is 1.45. The van der Waals surface area contributed by atoms with Gasteiger partial charge in [0.25, 0.3) is 5.91 Å². The number of hydrogen-bond donors (Lipinski definition) is 1. The van der Waals surface area contributed by atoms with Crippen molar-refractivity contribution in [3.63, 3.8) is 0 Å². The van der Waals surface area contributed by atoms with E-state index < -0.39 is 0 Å². The Morgan fingerprint density at radius 3 is 2.61 bits per heavy atom. The van der Waals surface area contributed by atoms with Crippen LogP contribution in [0.4, 0.5) is 4.39 Å². The average Bonchev–Trinajstić information content (AvgIpc) is 3.10. The van der Waals surface area contributed by atoms with Gasteiger partial charge >= 0.3 is 0 Å². The first-order chi connectivity index (χ1) is 13.6. The number of rotatable bonds is 5. The van der Waals surface area contributed by atoms with Gasteiger partial charge in [0, 0.05) is 6.54 Å². The number of aromatic nitrogens is 2. The van der Waals surface area contributed by atoms with Gasteiger partial charge in [0.05, 0.1) is 23.1 Å². The Hall–Kier alpha value is -3.47. The van der Waals surface area contributed by atoms with Gasteiger partial charge in [-0.3, -0.25) is 4.79 Å². The Morgan fingerprint density at radius 2 is 1.79 bits per heavy atom. The van der Waals surface area contributed by atoms with Crippen LogP contribution in [-0.4, -0.2) is 22.2 Å². The Kier molecular flexibility index (Phi) is 4.89. The van der Waals surface area contributed by atoms with E-state index in [2.05, 4.69) is 34.7 Å². The van der Waals surface area contributed by atoms with Crippen LogP contribution in [0.3, 0.4) is 0 Å². The van der Waals surface area contributed by atoms with Gasteiger partial charge in [0.1, 0.15) is 5.82 Å². The zero-order valence-electron chi connectivity index (χ0n) is 15.5. The van der Waals surface area contributed by atoms with E-state index in [1.165, 1.54) is 28.5 Å². The third-order valence-electron chi connectivity index (χ3n) is 4.89. The van der Waals surface area contributed by atoms with Crippen molar-refractivity contribution < 1.29 is 9.18 Å². The lowest BCUT2D eigenvalue weighted by molar-refractivity contribution is 0.0953. The smallest absolute Gasteiger partial charge is 0.254 e. The molecule has 4 rings (SSSR count). The highest BCUT2D eigenvalue weighted by atomic mass is 19.1. The summed E-state index contributed by atoms with van der Waals surface area (Å²) < 4.78 is 14.8. The minimum absolute atomic E-state index is 0.161. The molecule has 0 aliphatic carbocycles. The Labute approximate surface area is 162 Å². The van der Waals surface area contributed by atoms with E-state index in [0.717, 1.165) is 6.42 Å². The van der Waals surface area contributed by atoms with Gasteiger partial charge in [-0.2, -0.15) is 5.10 Å². The van der Waals surface area contributed by atoms with Crippen LogP contribution in [-0.2, 0) is 6.42 Å². The summed E-state index contributed by atoms with van der Waals surface area (Å²) in [7, 11) is 0. The number of halogens is 1. The van der Waals surface area contributed by atoms with E-state index in [1.54, 1.807) is 23.0 Å². The maximum absolute atomic E-state index is 13.1. The summed E-state index contributed by atoms with van der Waals surface area (Å²) in [4.78, 5) is 12.6. The van der Waals surface area contributed by atoms with E-state index in [0.29, 0.717) is 23.5 Å². The zero-order valence-corrected chi connectivity index (χ0v) is 15.5. The molecule has 0 unspecified atom stereocenters. The molecule has 140 valence electrons. The molecule has 1 N–H and O–H groups in total. The molecule has 0 aliphatic heterocycles. The number of carbonyl (C=O) groups is 1. The summed E-state index contributed by atoms with van der Waals surface area (Å²) in [6.07, 6.45) is 2.30. The van der Waals surface area contributed by atoms with Crippen LogP contribution in [0.25, 0.3) is 16.5 Å². The molecule has 3 aromatic carbocycles. The number of nitrogens with one attached hydrogen (secondary N) is 1. The fourth-order valence-corrected chi connectivity index (χ4v) is 3.39. The van der Waals surface area contributed by atoms with Crippen LogP contribution < -0.4 is 5.32 Å². The second kappa shape index (κ2) is 7.64. The molecule has 0 saturated heterocycles. The lowest BCUT2D eigenvalue weighted by atomic mass is 10.0. The number of benzene rings is 3. The zero-order chi connectivity index (χ0) is 19.5. The Bertz CT molecular complexity index is 1130. The number of hydrogen-bond acceptors (Lipinski definition) is 2. The van der Waals surface area contributed by atoms with Crippen molar-refractivity contribution in [2.75, 3.05) is 6.54 Å². The first-order valence-electron chi connectivity index (χ1n) is 9.19. The number of fused-ring (bicyclic) bond motifs is 1. The molecule has 0 fully saturated rings. The van der Waals surface area contributed by atoms with Crippen LogP contribution in [0, 0.1) is 12.7 Å². The standard InChI is InChI=1S/C23H20FN3O/c1-16-22(15-26-27(16)20-11-9-19(24)10-12-20)23(28)25-14-13-18-7-4-6-17-5-2-3-8-21(17)18/h2-12,15H,13-14H2,1H3,(H,25,28). The van der Waals surface area contributed by atoms with Gasteiger partial charge < -0.3 is 5.32 Å². The first-order valence-corrected chi connectivity index (χ1v) is 9.19. The van der Waals surface area contributed by atoms with E-state index >= 15 is 0 Å². The van der Waals surface area contributed by atoms with Crippen molar-refractivity contribution in [1.29, 1.82) is 0 Å². The predicted molar refractivity (Wildman–Crippen MR) is 108 cm³/mol. The monoisotopic (exact) mass is 373 g/mol. The van der Waals surface area contributed by atoms with Crippen molar-refractivity contribution in [3.8, 4) is 5.69 Å². The van der Waals surface area contributed by atoms with Crippen molar-refractivity contribution in [2.24, 2.45) is 0 Å². The quantitative estimate of drug-likeness (QED) is 0.562. The van der Waals surface area contributed by atoms with Crippen LogP contribution in [0.5, 0.6) is 0 Å². The van der Waals surface area contributed by atoms with Crippen molar-refractivity contribution in [1.82, 2.24) is 15.1 Å². The second-order valence-electron chi connectivity index (χ2n) is 6.68. The number of carbonyl (C=O) groups excluding carboxylic acids is 1. The van der Waals surface area contributed by atoms with Crippen molar-refractivity contribution >= 4 is 16.7 Å². The maximum atomic E-state index is 13.1. The lowest BCUT2D eigenvalue weighted by Gasteiger charge is -2.09. The summed E-state index contributed by atoms with van der Waals surface area (Å²) in [5.74, 6) is -0.467. The molecular formula is C23H20FN3O. The highest BCUT2D eigenvalue weighted by Crippen LogP contribution is 2.19. The molecule has 0 spiro atoms. The molecule has 28 heavy (non-hydrogen) atoms. The highest BCUT2D eigenvalue weighted by molar-refractivity contribution is 5.95. The fraction of sp³-hybridized carbons (Fsp3) is 0.130. The molecule has 1 aromatic heterocycles. The largest absolute Gasteiger partial charge is 0.352 e. The molecule has 0 atom stereocenters. The lowest BCUT2D eigenvalue weighted by Crippen LogP contribution is -2.26. The topological polar surface area (TPSA) is 46.9 Å². The average molecular weight is 373 g/mol. The highest BCUT2D eigenvalue weighted by Gasteiger charge is 2.15. The van der Waals surface area contributed by atoms with Crippen LogP contribution >= 0.6 is 0 Å². The summed E-state index contributed by atoms with van der Waals surface area (Å²) in [5.41, 5.74) is 3.15. The molecule has 0 aliphatic rings. The van der Waals surface area contributed by atoms with Gasteiger partial charge in [-0.1, -0.05) is 42.5 Å². The second-order valence-corrected chi connectivity index (χ2v) is 6.68. The van der Waals surface area contributed by atoms with Crippen LogP contribution in [0.2, 0.25) is 0 Å². The third kappa shape index (κ3) is 3.51. The van der Waals surface area contributed by atoms with Gasteiger partial charge in [-0.05, 0) is 53.9 Å². The van der Waals surface area contributed by atoms with Crippen molar-refractivity contribution in [2.45, 2.75) is 13.3 Å². The summed E-state index contributed by atoms with van der Waals surface area (Å²) in [5, 5.41) is 9.66. The number of amides is 1. The fourth-order valence-electron chi connectivity index (χ4n) is 3.39. The molecule has 0 saturated carbocycles. The van der Waals surface area contributed by atoms with Crippen LogP contribution in [0.1, 0.15) is 21.6 Å². The minimum atomic E-state index is -0.306. The Morgan fingerprint density at radius 1 is 1.04 bits per heavy atom. The normalized spacial score (nSPS) is 10.9. The molecule has 4 nitrogen and oxygen atoms in total. The van der Waals surface area contributed by atoms with Gasteiger partial charge in [0.2, 0.25) is 0 Å². The van der Waals surface area contributed by atoms with E-state index in [4.69, 9.17) is 0 Å². The molecule has 0 radical (unpaired) electrons. The van der Waals surface area contributed by atoms with Crippen molar-refractivity contribution in [3.05, 3.63) is 95.6 Å². The van der Waals surface area contributed by atoms with Gasteiger partial charge in [-0.15, -0.1) is 0 Å². The van der Waals surface area contributed by atoms with Gasteiger partial charge in [-0.25, -0.2) is 9.07 Å². The maximum Gasteiger partial charge on any atom is 0.254 e. The molecule has 1 heterocycles. The SMILES string of the molecule is Cc1c(C(=O)NCCc2cccc3ccccc23)cnn1-c1ccc(F)cc1. The van der Waals surface area contributed by atoms with E-state index in [-0.39, 0.29) is 11.7 Å². The van der Waals surface area contributed by atoms with E-state index in [9.17, 15) is 9.18 Å². The minimum Gasteiger partial charge on any atom is -0.352 e. The first kappa shape index (κ1) is 17.9. The molecular weight excluding hydrogens is 353 g/mol. The van der Waals surface area contributed by atoms with Gasteiger partial charge in [0.15, 0.2) is 0 Å². The molecule has 5 heteroatoms. The molecule has 1 amide bonds. The summed E-state index contributed by atoms with van der Waals surface area (Å²) in [6, 6.07) is 20.5. The number of nitrogens with zero attached hydrogens (tertiary/aromatic N) is 2. The van der Waals surface area contributed by atoms with E-state index in [1.807, 2.05) is 25.1 Å². The van der Waals surface area contributed by atoms with Crippen LogP contribution in [0.15, 0.2) is 72.9 Å². The third-order valence-corrected chi connectivity index (χ3v) is 4.89. The predicted octanol–water partition coefficient (Wildman–Crippen LogP) is 4.45. The molecule has 0 bridgehead atoms.